The molecule has 0 aliphatic carbocycles. The van der Waals surface area contributed by atoms with Gasteiger partial charge in [-0.2, -0.15) is 8.42 Å². The lowest BCUT2D eigenvalue weighted by atomic mass is 10.0. The number of hydrogen-bond acceptors (Lipinski definition) is 7. The molecular weight excluding hydrogens is 553 g/mol. The lowest BCUT2D eigenvalue weighted by Crippen LogP contribution is -2.13. The van der Waals surface area contributed by atoms with Crippen LogP contribution in [0.4, 0.5) is 17.1 Å². The van der Waals surface area contributed by atoms with E-state index in [0.717, 1.165) is 0 Å². The predicted molar refractivity (Wildman–Crippen MR) is 146 cm³/mol. The van der Waals surface area contributed by atoms with E-state index in [4.69, 9.17) is 27.9 Å². The van der Waals surface area contributed by atoms with Gasteiger partial charge in [0.1, 0.15) is 27.7 Å². The van der Waals surface area contributed by atoms with Gasteiger partial charge >= 0.3 is 0 Å². The summed E-state index contributed by atoms with van der Waals surface area (Å²) in [7, 11) is -3.29. The first kappa shape index (κ1) is 27.3. The van der Waals surface area contributed by atoms with Gasteiger partial charge in [-0.1, -0.05) is 60.5 Å². The van der Waals surface area contributed by atoms with Crippen molar-refractivity contribution in [2.75, 3.05) is 12.4 Å². The summed E-state index contributed by atoms with van der Waals surface area (Å²) in [6.45, 7) is 1.67. The molecule has 0 spiro atoms. The number of carbonyl (C=O) groups is 1. The molecule has 1 amide bonds. The summed E-state index contributed by atoms with van der Waals surface area (Å²) in [6.07, 6.45) is 0.201. The second-order valence-corrected chi connectivity index (χ2v) is 10.2. The standard InChI is InChI=1S/C26H21Cl2N3O6S/c1-3-15-18(27)11-12-20(25(15)38(34,35)36)30-31-22-16-8-5-4-7-14(16)13-17(24(22)32)26(33)29-23-19(28)9-6-10-21(23)37-2/h4-13,32H,3H2,1-2H3,(H,29,33)(H,34,35,36). The van der Waals surface area contributed by atoms with Crippen LogP contribution in [0.25, 0.3) is 10.8 Å². The number of nitrogens with zero attached hydrogens (tertiary/aromatic N) is 2. The average molecular weight is 574 g/mol. The highest BCUT2D eigenvalue weighted by atomic mass is 35.5. The molecule has 38 heavy (non-hydrogen) atoms. The van der Waals surface area contributed by atoms with Crippen molar-refractivity contribution in [3.63, 3.8) is 0 Å². The molecule has 0 unspecified atom stereocenters. The Morgan fingerprint density at radius 2 is 1.76 bits per heavy atom. The van der Waals surface area contributed by atoms with E-state index in [9.17, 15) is 22.9 Å². The van der Waals surface area contributed by atoms with Gasteiger partial charge in [0.25, 0.3) is 16.0 Å². The molecule has 3 N–H and O–H groups in total. The third-order valence-corrected chi connectivity index (χ3v) is 7.37. The normalized spacial score (nSPS) is 11.7. The fourth-order valence-electron chi connectivity index (χ4n) is 3.96. The van der Waals surface area contributed by atoms with Gasteiger partial charge < -0.3 is 15.2 Å². The third-order valence-electron chi connectivity index (χ3n) is 5.73. The first-order chi connectivity index (χ1) is 18.1. The van der Waals surface area contributed by atoms with Crippen molar-refractivity contribution < 1.29 is 27.6 Å². The molecule has 196 valence electrons. The lowest BCUT2D eigenvalue weighted by molar-refractivity contribution is 0.102. The van der Waals surface area contributed by atoms with Crippen LogP contribution < -0.4 is 10.1 Å². The van der Waals surface area contributed by atoms with E-state index in [2.05, 4.69) is 15.5 Å². The number of rotatable bonds is 7. The summed E-state index contributed by atoms with van der Waals surface area (Å²) in [5.41, 5.74) is -0.0357. The molecule has 4 aromatic carbocycles. The maximum Gasteiger partial charge on any atom is 0.297 e. The lowest BCUT2D eigenvalue weighted by Gasteiger charge is -2.14. The number of para-hydroxylation sites is 1. The van der Waals surface area contributed by atoms with Gasteiger partial charge in [-0.25, -0.2) is 0 Å². The highest BCUT2D eigenvalue weighted by molar-refractivity contribution is 7.86. The van der Waals surface area contributed by atoms with E-state index in [1.54, 1.807) is 49.4 Å². The van der Waals surface area contributed by atoms with Gasteiger partial charge in [0, 0.05) is 10.4 Å². The molecule has 0 saturated carbocycles. The Kier molecular flexibility index (Phi) is 7.89. The number of anilines is 1. The zero-order chi connectivity index (χ0) is 27.6. The molecule has 0 aromatic heterocycles. The average Bonchev–Trinajstić information content (AvgIpc) is 2.88. The van der Waals surface area contributed by atoms with Crippen LogP contribution in [0.3, 0.4) is 0 Å². The number of methoxy groups -OCH3 is 1. The third kappa shape index (κ3) is 5.30. The second kappa shape index (κ2) is 11.0. The van der Waals surface area contributed by atoms with Crippen molar-refractivity contribution in [3.05, 3.63) is 81.8 Å². The van der Waals surface area contributed by atoms with Crippen LogP contribution in [-0.2, 0) is 16.5 Å². The highest BCUT2D eigenvalue weighted by Crippen LogP contribution is 2.42. The smallest absolute Gasteiger partial charge is 0.297 e. The summed E-state index contributed by atoms with van der Waals surface area (Å²) in [5.74, 6) is -0.887. The van der Waals surface area contributed by atoms with Gasteiger partial charge in [-0.3, -0.25) is 9.35 Å². The highest BCUT2D eigenvalue weighted by Gasteiger charge is 2.24. The van der Waals surface area contributed by atoms with Crippen LogP contribution in [0.1, 0.15) is 22.8 Å². The summed E-state index contributed by atoms with van der Waals surface area (Å²) in [6, 6.07) is 15.9. The van der Waals surface area contributed by atoms with Crippen LogP contribution in [0.5, 0.6) is 11.5 Å². The number of phenolic OH excluding ortho intramolecular Hbond substituents is 1. The van der Waals surface area contributed by atoms with Gasteiger partial charge in [0.15, 0.2) is 5.75 Å². The zero-order valence-corrected chi connectivity index (χ0v) is 22.4. The molecule has 0 saturated heterocycles. The number of carbonyl (C=O) groups excluding carboxylic acids is 1. The van der Waals surface area contributed by atoms with E-state index in [-0.39, 0.29) is 44.7 Å². The first-order valence-electron chi connectivity index (χ1n) is 11.2. The quantitative estimate of drug-likeness (QED) is 0.156. The number of aromatic hydroxyl groups is 1. The predicted octanol–water partition coefficient (Wildman–Crippen LogP) is 7.34. The molecule has 0 radical (unpaired) electrons. The topological polar surface area (TPSA) is 138 Å². The molecule has 12 heteroatoms. The molecular formula is C26H21Cl2N3O6S. The minimum Gasteiger partial charge on any atom is -0.505 e. The summed E-state index contributed by atoms with van der Waals surface area (Å²) in [5, 5.41) is 23.3. The van der Waals surface area contributed by atoms with Gasteiger partial charge in [0.2, 0.25) is 0 Å². The SMILES string of the molecule is CCc1c(Cl)ccc(N=Nc2c(O)c(C(=O)Nc3c(Cl)cccc3OC)cc3ccccc23)c1S(=O)(=O)O. The number of ether oxygens (including phenoxy) is 1. The Morgan fingerprint density at radius 1 is 1.03 bits per heavy atom. The van der Waals surface area contributed by atoms with E-state index < -0.39 is 26.7 Å². The summed E-state index contributed by atoms with van der Waals surface area (Å²) in [4.78, 5) is 12.8. The van der Waals surface area contributed by atoms with Crippen LogP contribution in [0.15, 0.2) is 75.8 Å². The first-order valence-corrected chi connectivity index (χ1v) is 13.4. The number of fused-ring (bicyclic) bond motifs is 1. The molecule has 0 fully saturated rings. The Bertz CT molecular complexity index is 1710. The number of amides is 1. The van der Waals surface area contributed by atoms with Crippen molar-refractivity contribution in [1.82, 2.24) is 0 Å². The van der Waals surface area contributed by atoms with Crippen LogP contribution in [-0.4, -0.2) is 31.1 Å². The minimum absolute atomic E-state index is 0.0892. The number of nitrogens with one attached hydrogen (secondary N) is 1. The van der Waals surface area contributed by atoms with Gasteiger partial charge in [-0.05, 0) is 47.7 Å². The fourth-order valence-corrected chi connectivity index (χ4v) is 5.46. The Morgan fingerprint density at radius 3 is 2.45 bits per heavy atom. The van der Waals surface area contributed by atoms with E-state index >= 15 is 0 Å². The molecule has 0 aliphatic rings. The minimum atomic E-state index is -4.71. The summed E-state index contributed by atoms with van der Waals surface area (Å²) >= 11 is 12.4. The number of phenols is 1. The Labute approximate surface area is 228 Å². The van der Waals surface area contributed by atoms with Gasteiger partial charge in [0.05, 0.1) is 17.7 Å². The zero-order valence-electron chi connectivity index (χ0n) is 20.1. The fraction of sp³-hybridized carbons (Fsp3) is 0.115. The maximum absolute atomic E-state index is 13.2. The number of halogens is 2. The number of hydrogen-bond donors (Lipinski definition) is 3. The van der Waals surface area contributed by atoms with Crippen LogP contribution >= 0.6 is 23.2 Å². The van der Waals surface area contributed by atoms with Crippen molar-refractivity contribution >= 4 is 67.1 Å². The van der Waals surface area contributed by atoms with E-state index in [0.29, 0.717) is 16.5 Å². The van der Waals surface area contributed by atoms with Crippen LogP contribution in [0, 0.1) is 0 Å². The molecule has 4 aromatic rings. The monoisotopic (exact) mass is 573 g/mol. The Balaban J connectivity index is 1.87. The van der Waals surface area contributed by atoms with Crippen molar-refractivity contribution in [2.24, 2.45) is 10.2 Å². The molecule has 4 rings (SSSR count). The van der Waals surface area contributed by atoms with Crippen molar-refractivity contribution in [2.45, 2.75) is 18.2 Å². The number of benzene rings is 4. The largest absolute Gasteiger partial charge is 0.505 e. The second-order valence-electron chi connectivity index (χ2n) is 8.02. The molecule has 9 nitrogen and oxygen atoms in total. The van der Waals surface area contributed by atoms with Crippen molar-refractivity contribution in [1.29, 1.82) is 0 Å². The summed E-state index contributed by atoms with van der Waals surface area (Å²) < 4.78 is 39.4. The molecule has 0 bridgehead atoms. The van der Waals surface area contributed by atoms with Gasteiger partial charge in [-0.15, -0.1) is 10.2 Å². The van der Waals surface area contributed by atoms with Crippen LogP contribution in [0.2, 0.25) is 10.0 Å². The number of azo groups is 1. The van der Waals surface area contributed by atoms with E-state index in [1.807, 2.05) is 0 Å². The molecule has 0 heterocycles. The van der Waals surface area contributed by atoms with E-state index in [1.165, 1.54) is 25.3 Å². The Hall–Kier alpha value is -3.70. The molecule has 0 aliphatic heterocycles. The maximum atomic E-state index is 13.2. The van der Waals surface area contributed by atoms with Crippen molar-refractivity contribution in [3.8, 4) is 11.5 Å². The molecule has 0 atom stereocenters.